The smallest absolute Gasteiger partial charge is 0.205 e. The maximum absolute atomic E-state index is 6.18. The molecule has 1 aromatic heterocycles. The Balaban J connectivity index is 2.20. The molecule has 108 valence electrons. The van der Waals surface area contributed by atoms with Crippen LogP contribution in [0.3, 0.4) is 0 Å². The molecular formula is C15H14ClN3O2. The van der Waals surface area contributed by atoms with E-state index in [2.05, 4.69) is 4.98 Å². The number of halogens is 1. The molecule has 3 rings (SSSR count). The number of aromatic nitrogens is 2. The minimum atomic E-state index is 0.388. The van der Waals surface area contributed by atoms with E-state index in [0.29, 0.717) is 16.7 Å². The number of rotatable bonds is 3. The van der Waals surface area contributed by atoms with Gasteiger partial charge in [-0.1, -0.05) is 11.6 Å². The first kappa shape index (κ1) is 13.6. The zero-order chi connectivity index (χ0) is 15.0. The third kappa shape index (κ3) is 2.25. The highest BCUT2D eigenvalue weighted by Crippen LogP contribution is 2.31. The number of hydrogen-bond donors (Lipinski definition) is 1. The van der Waals surface area contributed by atoms with Gasteiger partial charge in [-0.3, -0.25) is 4.57 Å². The molecule has 6 heteroatoms. The lowest BCUT2D eigenvalue weighted by Gasteiger charge is -2.09. The third-order valence-corrected chi connectivity index (χ3v) is 3.58. The predicted octanol–water partition coefficient (Wildman–Crippen LogP) is 3.28. The Bertz CT molecular complexity index is 814. The summed E-state index contributed by atoms with van der Waals surface area (Å²) >= 11 is 6.18. The van der Waals surface area contributed by atoms with Crippen LogP contribution in [0.1, 0.15) is 0 Å². The van der Waals surface area contributed by atoms with Crippen molar-refractivity contribution < 1.29 is 9.47 Å². The average molecular weight is 304 g/mol. The third-order valence-electron chi connectivity index (χ3n) is 3.28. The molecule has 3 aromatic rings. The van der Waals surface area contributed by atoms with Gasteiger partial charge in [-0.05, 0) is 30.3 Å². The lowest BCUT2D eigenvalue weighted by molar-refractivity contribution is 0.415. The van der Waals surface area contributed by atoms with Gasteiger partial charge in [0.1, 0.15) is 11.5 Å². The number of anilines is 1. The number of fused-ring (bicyclic) bond motifs is 1. The van der Waals surface area contributed by atoms with Crippen LogP contribution in [0.15, 0.2) is 36.4 Å². The van der Waals surface area contributed by atoms with Crippen LogP contribution in [0, 0.1) is 0 Å². The fraction of sp³-hybridized carbons (Fsp3) is 0.133. The Kier molecular flexibility index (Phi) is 3.35. The van der Waals surface area contributed by atoms with E-state index in [0.717, 1.165) is 22.5 Å². The Morgan fingerprint density at radius 2 is 1.90 bits per heavy atom. The van der Waals surface area contributed by atoms with Crippen LogP contribution >= 0.6 is 11.6 Å². The molecule has 21 heavy (non-hydrogen) atoms. The van der Waals surface area contributed by atoms with Gasteiger partial charge in [0.15, 0.2) is 0 Å². The molecule has 0 fully saturated rings. The molecule has 2 N–H and O–H groups in total. The molecule has 1 heterocycles. The van der Waals surface area contributed by atoms with Gasteiger partial charge in [-0.25, -0.2) is 4.98 Å². The molecule has 0 saturated heterocycles. The fourth-order valence-corrected chi connectivity index (χ4v) is 2.52. The van der Waals surface area contributed by atoms with Gasteiger partial charge in [0, 0.05) is 6.07 Å². The molecular weight excluding hydrogens is 290 g/mol. The van der Waals surface area contributed by atoms with Gasteiger partial charge in [0.2, 0.25) is 5.95 Å². The van der Waals surface area contributed by atoms with Gasteiger partial charge in [-0.15, -0.1) is 0 Å². The van der Waals surface area contributed by atoms with Crippen molar-refractivity contribution in [3.05, 3.63) is 41.4 Å². The molecule has 0 bridgehead atoms. The number of nitrogens with zero attached hydrogens (tertiary/aromatic N) is 2. The summed E-state index contributed by atoms with van der Waals surface area (Å²) in [5.41, 5.74) is 8.51. The van der Waals surface area contributed by atoms with Gasteiger partial charge < -0.3 is 15.2 Å². The molecule has 0 aliphatic carbocycles. The predicted molar refractivity (Wildman–Crippen MR) is 83.6 cm³/mol. The van der Waals surface area contributed by atoms with Gasteiger partial charge in [0.25, 0.3) is 0 Å². The van der Waals surface area contributed by atoms with Crippen molar-refractivity contribution in [3.8, 4) is 17.2 Å². The normalized spacial score (nSPS) is 10.8. The summed E-state index contributed by atoms with van der Waals surface area (Å²) in [6, 6.07) is 11.1. The van der Waals surface area contributed by atoms with Crippen LogP contribution in [-0.2, 0) is 0 Å². The van der Waals surface area contributed by atoms with E-state index in [1.54, 1.807) is 26.4 Å². The number of hydrogen-bond acceptors (Lipinski definition) is 4. The molecule has 0 unspecified atom stereocenters. The summed E-state index contributed by atoms with van der Waals surface area (Å²) in [6.07, 6.45) is 0. The lowest BCUT2D eigenvalue weighted by atomic mass is 10.2. The quantitative estimate of drug-likeness (QED) is 0.806. The molecule has 0 saturated carbocycles. The number of methoxy groups -OCH3 is 2. The zero-order valence-electron chi connectivity index (χ0n) is 11.6. The van der Waals surface area contributed by atoms with E-state index < -0.39 is 0 Å². The van der Waals surface area contributed by atoms with E-state index in [9.17, 15) is 0 Å². The SMILES string of the molecule is COc1ccc2c(c1)nc(N)n2-c1ccc(OC)c(Cl)c1. The second kappa shape index (κ2) is 5.18. The maximum atomic E-state index is 6.18. The van der Waals surface area contributed by atoms with Gasteiger partial charge >= 0.3 is 0 Å². The van der Waals surface area contributed by atoms with Crippen LogP contribution in [0.25, 0.3) is 16.7 Å². The van der Waals surface area contributed by atoms with Crippen LogP contribution in [-0.4, -0.2) is 23.8 Å². The first-order valence-electron chi connectivity index (χ1n) is 6.30. The number of benzene rings is 2. The molecule has 0 amide bonds. The van der Waals surface area contributed by atoms with Gasteiger partial charge in [0.05, 0.1) is 36.0 Å². The Hall–Kier alpha value is -2.40. The zero-order valence-corrected chi connectivity index (χ0v) is 12.4. The van der Waals surface area contributed by atoms with Crippen LogP contribution < -0.4 is 15.2 Å². The van der Waals surface area contributed by atoms with Crippen molar-refractivity contribution in [1.29, 1.82) is 0 Å². The largest absolute Gasteiger partial charge is 0.497 e. The van der Waals surface area contributed by atoms with Crippen LogP contribution in [0.2, 0.25) is 5.02 Å². The number of nitrogen functional groups attached to an aromatic ring is 1. The molecule has 0 aliphatic rings. The van der Waals surface area contributed by atoms with E-state index >= 15 is 0 Å². The Labute approximate surface area is 126 Å². The van der Waals surface area contributed by atoms with Gasteiger partial charge in [-0.2, -0.15) is 0 Å². The summed E-state index contributed by atoms with van der Waals surface area (Å²) in [5, 5.41) is 0.518. The van der Waals surface area contributed by atoms with Crippen molar-refractivity contribution in [1.82, 2.24) is 9.55 Å². The Morgan fingerprint density at radius 1 is 1.10 bits per heavy atom. The first-order chi connectivity index (χ1) is 10.1. The minimum Gasteiger partial charge on any atom is -0.497 e. The highest BCUT2D eigenvalue weighted by atomic mass is 35.5. The second-order valence-electron chi connectivity index (χ2n) is 4.48. The molecule has 5 nitrogen and oxygen atoms in total. The summed E-state index contributed by atoms with van der Waals surface area (Å²) in [6.45, 7) is 0. The molecule has 0 spiro atoms. The van der Waals surface area contributed by atoms with Crippen molar-refractivity contribution >= 4 is 28.6 Å². The van der Waals surface area contributed by atoms with Crippen LogP contribution in [0.5, 0.6) is 11.5 Å². The minimum absolute atomic E-state index is 0.388. The number of imidazole rings is 1. The topological polar surface area (TPSA) is 62.3 Å². The molecule has 0 radical (unpaired) electrons. The molecule has 0 atom stereocenters. The van der Waals surface area contributed by atoms with E-state index in [4.69, 9.17) is 26.8 Å². The van der Waals surface area contributed by atoms with Crippen molar-refractivity contribution in [2.45, 2.75) is 0 Å². The molecule has 2 aromatic carbocycles. The van der Waals surface area contributed by atoms with Crippen LogP contribution in [0.4, 0.5) is 5.95 Å². The fourth-order valence-electron chi connectivity index (χ4n) is 2.27. The number of nitrogens with two attached hydrogens (primary N) is 1. The van der Waals surface area contributed by atoms with Crippen molar-refractivity contribution in [2.75, 3.05) is 20.0 Å². The van der Waals surface area contributed by atoms with Crippen molar-refractivity contribution in [2.24, 2.45) is 0 Å². The standard InChI is InChI=1S/C15H14ClN3O2/c1-20-10-4-5-13-12(8-10)18-15(17)19(13)9-3-6-14(21-2)11(16)7-9/h3-8H,1-2H3,(H2,17,18). The summed E-state index contributed by atoms with van der Waals surface area (Å²) in [7, 11) is 3.19. The van der Waals surface area contributed by atoms with Crippen molar-refractivity contribution in [3.63, 3.8) is 0 Å². The molecule has 0 aliphatic heterocycles. The highest BCUT2D eigenvalue weighted by molar-refractivity contribution is 6.32. The first-order valence-corrected chi connectivity index (χ1v) is 6.67. The number of ether oxygens (including phenoxy) is 2. The maximum Gasteiger partial charge on any atom is 0.205 e. The van der Waals surface area contributed by atoms with E-state index in [1.165, 1.54) is 0 Å². The van der Waals surface area contributed by atoms with E-state index in [-0.39, 0.29) is 0 Å². The van der Waals surface area contributed by atoms with E-state index in [1.807, 2.05) is 28.8 Å². The average Bonchev–Trinajstić information content (AvgIpc) is 2.81. The summed E-state index contributed by atoms with van der Waals surface area (Å²) < 4.78 is 12.2. The Morgan fingerprint density at radius 3 is 2.57 bits per heavy atom. The lowest BCUT2D eigenvalue weighted by Crippen LogP contribution is -2.00. The monoisotopic (exact) mass is 303 g/mol. The second-order valence-corrected chi connectivity index (χ2v) is 4.89. The highest BCUT2D eigenvalue weighted by Gasteiger charge is 2.12. The summed E-state index contributed by atoms with van der Waals surface area (Å²) in [4.78, 5) is 4.36. The summed E-state index contributed by atoms with van der Waals surface area (Å²) in [5.74, 6) is 1.74.